The molecule has 0 saturated carbocycles. The molecule has 0 aliphatic heterocycles. The number of hydrogen-bond acceptors (Lipinski definition) is 3. The molecule has 1 aromatic heterocycles. The first-order valence-electron chi connectivity index (χ1n) is 9.50. The molecule has 0 aliphatic rings. The second kappa shape index (κ2) is 8.93. The van der Waals surface area contributed by atoms with Crippen molar-refractivity contribution in [3.63, 3.8) is 0 Å². The number of nitrogens with one attached hydrogen (secondary N) is 1. The number of carboxylic acid groups (broad SMARTS) is 1. The van der Waals surface area contributed by atoms with Gasteiger partial charge in [0.25, 0.3) is 0 Å². The minimum atomic E-state index is -1.08. The Hall–Kier alpha value is -2.50. The van der Waals surface area contributed by atoms with E-state index in [4.69, 9.17) is 4.74 Å². The molecule has 0 saturated heterocycles. The first kappa shape index (κ1) is 20.8. The third-order valence-electron chi connectivity index (χ3n) is 4.29. The largest absolute Gasteiger partial charge is 0.480 e. The summed E-state index contributed by atoms with van der Waals surface area (Å²) < 4.78 is 7.37. The molecular formula is C21H30N2O4. The lowest BCUT2D eigenvalue weighted by molar-refractivity contribution is -0.139. The number of para-hydroxylation sites is 1. The third kappa shape index (κ3) is 6.01. The zero-order chi connectivity index (χ0) is 20.0. The number of amides is 1. The van der Waals surface area contributed by atoms with Gasteiger partial charge < -0.3 is 19.7 Å². The summed E-state index contributed by atoms with van der Waals surface area (Å²) in [5.74, 6) is -1.08. The Balaban J connectivity index is 2.21. The highest BCUT2D eigenvalue weighted by Gasteiger charge is 2.25. The van der Waals surface area contributed by atoms with Gasteiger partial charge in [0.2, 0.25) is 0 Å². The summed E-state index contributed by atoms with van der Waals surface area (Å²) in [5.41, 5.74) is 1.32. The zero-order valence-corrected chi connectivity index (χ0v) is 16.6. The van der Waals surface area contributed by atoms with Gasteiger partial charge in [-0.25, -0.2) is 9.59 Å². The van der Waals surface area contributed by atoms with E-state index < -0.39 is 23.7 Å². The maximum atomic E-state index is 12.0. The van der Waals surface area contributed by atoms with Crippen LogP contribution in [-0.4, -0.2) is 33.4 Å². The van der Waals surface area contributed by atoms with Gasteiger partial charge in [0.05, 0.1) is 0 Å². The highest BCUT2D eigenvalue weighted by Crippen LogP contribution is 2.23. The molecule has 0 unspecified atom stereocenters. The number of hydrogen-bond donors (Lipinski definition) is 2. The van der Waals surface area contributed by atoms with Crippen LogP contribution in [-0.2, 0) is 22.5 Å². The summed E-state index contributed by atoms with van der Waals surface area (Å²) in [6, 6.07) is 6.92. The summed E-state index contributed by atoms with van der Waals surface area (Å²) in [5, 5.41) is 13.1. The molecule has 0 radical (unpaired) electrons. The molecule has 148 valence electrons. The van der Waals surface area contributed by atoms with Gasteiger partial charge in [-0.15, -0.1) is 0 Å². The van der Waals surface area contributed by atoms with Crippen molar-refractivity contribution >= 4 is 23.0 Å². The average Bonchev–Trinajstić information content (AvgIpc) is 2.91. The number of unbranched alkanes of at least 4 members (excludes halogenated alkanes) is 2. The lowest BCUT2D eigenvalue weighted by atomic mass is 10.1. The van der Waals surface area contributed by atoms with Crippen LogP contribution in [0.5, 0.6) is 0 Å². The molecule has 2 rings (SSSR count). The average molecular weight is 374 g/mol. The summed E-state index contributed by atoms with van der Waals surface area (Å²) in [6.07, 6.45) is 4.87. The number of alkyl carbamates (subject to hydrolysis) is 1. The summed E-state index contributed by atoms with van der Waals surface area (Å²) in [4.78, 5) is 23.7. The monoisotopic (exact) mass is 374 g/mol. The van der Waals surface area contributed by atoms with E-state index in [0.29, 0.717) is 0 Å². The van der Waals surface area contributed by atoms with Crippen LogP contribution in [0.1, 0.15) is 52.5 Å². The van der Waals surface area contributed by atoms with Crippen LogP contribution in [0.3, 0.4) is 0 Å². The van der Waals surface area contributed by atoms with Gasteiger partial charge in [0, 0.05) is 30.1 Å². The van der Waals surface area contributed by atoms with Crippen molar-refractivity contribution in [1.29, 1.82) is 0 Å². The van der Waals surface area contributed by atoms with E-state index in [1.807, 2.05) is 30.5 Å². The van der Waals surface area contributed by atoms with Crippen LogP contribution in [0.2, 0.25) is 0 Å². The topological polar surface area (TPSA) is 80.6 Å². The first-order valence-corrected chi connectivity index (χ1v) is 9.50. The smallest absolute Gasteiger partial charge is 0.408 e. The number of aromatic nitrogens is 1. The van der Waals surface area contributed by atoms with E-state index in [2.05, 4.69) is 16.8 Å². The lowest BCUT2D eigenvalue weighted by Crippen LogP contribution is -2.44. The number of benzene rings is 1. The molecule has 0 aliphatic carbocycles. The van der Waals surface area contributed by atoms with E-state index in [9.17, 15) is 14.7 Å². The van der Waals surface area contributed by atoms with Gasteiger partial charge in [-0.05, 0) is 38.8 Å². The Morgan fingerprint density at radius 2 is 1.93 bits per heavy atom. The van der Waals surface area contributed by atoms with Crippen LogP contribution in [0.15, 0.2) is 30.5 Å². The fraction of sp³-hybridized carbons (Fsp3) is 0.524. The Labute approximate surface area is 160 Å². The normalized spacial score (nSPS) is 12.7. The molecule has 1 atom stereocenters. The maximum absolute atomic E-state index is 12.0. The molecule has 2 N–H and O–H groups in total. The molecule has 0 spiro atoms. The number of aryl methyl sites for hydroxylation is 1. The van der Waals surface area contributed by atoms with Crippen molar-refractivity contribution in [2.45, 2.75) is 71.6 Å². The van der Waals surface area contributed by atoms with Gasteiger partial charge >= 0.3 is 12.1 Å². The van der Waals surface area contributed by atoms with Crippen molar-refractivity contribution in [3.05, 3.63) is 36.0 Å². The van der Waals surface area contributed by atoms with Gasteiger partial charge in [0.1, 0.15) is 11.6 Å². The van der Waals surface area contributed by atoms with Crippen LogP contribution in [0.25, 0.3) is 10.9 Å². The van der Waals surface area contributed by atoms with Crippen molar-refractivity contribution in [2.75, 3.05) is 0 Å². The number of aliphatic carboxylic acids is 1. The number of carbonyl (C=O) groups is 2. The molecule has 1 aromatic carbocycles. The molecule has 2 aromatic rings. The van der Waals surface area contributed by atoms with Crippen molar-refractivity contribution in [2.24, 2.45) is 0 Å². The Morgan fingerprint density at radius 1 is 1.22 bits per heavy atom. The third-order valence-corrected chi connectivity index (χ3v) is 4.29. The number of ether oxygens (including phenoxy) is 1. The van der Waals surface area contributed by atoms with Gasteiger partial charge in [-0.3, -0.25) is 0 Å². The number of carboxylic acids is 1. The quantitative estimate of drug-likeness (QED) is 0.673. The first-order chi connectivity index (χ1) is 12.7. The molecule has 27 heavy (non-hydrogen) atoms. The Kier molecular flexibility index (Phi) is 6.88. The Morgan fingerprint density at radius 3 is 2.56 bits per heavy atom. The number of nitrogens with zero attached hydrogens (tertiary/aromatic N) is 1. The SMILES string of the molecule is CCCCCn1cc(C[C@H](NC(=O)OC(C)(C)C)C(=O)O)c2ccccc21. The van der Waals surface area contributed by atoms with Crippen LogP contribution in [0, 0.1) is 0 Å². The predicted octanol–water partition coefficient (Wildman–Crippen LogP) is 4.35. The van der Waals surface area contributed by atoms with Gasteiger partial charge in [-0.2, -0.15) is 0 Å². The highest BCUT2D eigenvalue weighted by molar-refractivity contribution is 5.86. The number of carbonyl (C=O) groups excluding carboxylic acids is 1. The van der Waals surface area contributed by atoms with Crippen molar-refractivity contribution in [1.82, 2.24) is 9.88 Å². The van der Waals surface area contributed by atoms with E-state index >= 15 is 0 Å². The van der Waals surface area contributed by atoms with Gasteiger partial charge in [0.15, 0.2) is 0 Å². The van der Waals surface area contributed by atoms with Crippen molar-refractivity contribution < 1.29 is 19.4 Å². The summed E-state index contributed by atoms with van der Waals surface area (Å²) >= 11 is 0. The lowest BCUT2D eigenvalue weighted by Gasteiger charge is -2.22. The molecule has 6 heteroatoms. The summed E-state index contributed by atoms with van der Waals surface area (Å²) in [7, 11) is 0. The number of rotatable bonds is 8. The van der Waals surface area contributed by atoms with E-state index in [1.54, 1.807) is 20.8 Å². The second-order valence-electron chi connectivity index (χ2n) is 7.81. The van der Waals surface area contributed by atoms with E-state index in [-0.39, 0.29) is 6.42 Å². The fourth-order valence-corrected chi connectivity index (χ4v) is 3.07. The van der Waals surface area contributed by atoms with E-state index in [0.717, 1.165) is 42.3 Å². The summed E-state index contributed by atoms with van der Waals surface area (Å²) in [6.45, 7) is 8.29. The molecule has 0 fully saturated rings. The standard InChI is InChI=1S/C21H30N2O4/c1-5-6-9-12-23-14-15(16-10-7-8-11-18(16)23)13-17(19(24)25)22-20(26)27-21(2,3)4/h7-8,10-11,14,17H,5-6,9,12-13H2,1-4H3,(H,22,26)(H,24,25)/t17-/m0/s1. The fourth-order valence-electron chi connectivity index (χ4n) is 3.07. The maximum Gasteiger partial charge on any atom is 0.408 e. The minimum Gasteiger partial charge on any atom is -0.480 e. The predicted molar refractivity (Wildman–Crippen MR) is 106 cm³/mol. The van der Waals surface area contributed by atoms with Crippen molar-refractivity contribution in [3.8, 4) is 0 Å². The second-order valence-corrected chi connectivity index (χ2v) is 7.81. The number of fused-ring (bicyclic) bond motifs is 1. The molecule has 0 bridgehead atoms. The highest BCUT2D eigenvalue weighted by atomic mass is 16.6. The van der Waals surface area contributed by atoms with Crippen LogP contribution >= 0.6 is 0 Å². The molecule has 1 heterocycles. The minimum absolute atomic E-state index is 0.204. The zero-order valence-electron chi connectivity index (χ0n) is 16.6. The van der Waals surface area contributed by atoms with Crippen LogP contribution < -0.4 is 5.32 Å². The molecular weight excluding hydrogens is 344 g/mol. The van der Waals surface area contributed by atoms with Crippen LogP contribution in [0.4, 0.5) is 4.79 Å². The molecule has 6 nitrogen and oxygen atoms in total. The van der Waals surface area contributed by atoms with Gasteiger partial charge in [-0.1, -0.05) is 38.0 Å². The Bertz CT molecular complexity index is 789. The van der Waals surface area contributed by atoms with E-state index in [1.165, 1.54) is 0 Å². The molecule has 1 amide bonds.